The van der Waals surface area contributed by atoms with Crippen molar-refractivity contribution in [3.63, 3.8) is 0 Å². The van der Waals surface area contributed by atoms with E-state index in [0.29, 0.717) is 5.41 Å². The van der Waals surface area contributed by atoms with Crippen molar-refractivity contribution in [1.82, 2.24) is 0 Å². The van der Waals surface area contributed by atoms with Crippen LogP contribution in [0.2, 0.25) is 0 Å². The standard InChI is InChI=1S/C17H25N/c1-15(2,3)17-12-8-7-11-16(17,4)13-9-5-6-10-14(13)18-17/h5-6,9-10,18H,7-8,11-12H2,1-4H3. The number of hydrogen-bond donors (Lipinski definition) is 1. The minimum Gasteiger partial charge on any atom is -0.378 e. The van der Waals surface area contributed by atoms with Gasteiger partial charge in [0.2, 0.25) is 0 Å². The molecule has 1 heterocycles. The predicted molar refractivity (Wildman–Crippen MR) is 78.1 cm³/mol. The van der Waals surface area contributed by atoms with Crippen molar-refractivity contribution in [2.24, 2.45) is 5.41 Å². The van der Waals surface area contributed by atoms with E-state index < -0.39 is 0 Å². The van der Waals surface area contributed by atoms with Gasteiger partial charge in [0.05, 0.1) is 5.54 Å². The first-order chi connectivity index (χ1) is 8.41. The van der Waals surface area contributed by atoms with E-state index in [1.807, 2.05) is 0 Å². The highest BCUT2D eigenvalue weighted by atomic mass is 15.1. The molecule has 2 aliphatic rings. The van der Waals surface area contributed by atoms with Crippen LogP contribution in [-0.4, -0.2) is 5.54 Å². The largest absolute Gasteiger partial charge is 0.378 e. The van der Waals surface area contributed by atoms with Crippen LogP contribution in [0.25, 0.3) is 0 Å². The molecule has 18 heavy (non-hydrogen) atoms. The summed E-state index contributed by atoms with van der Waals surface area (Å²) in [6, 6.07) is 8.94. The highest BCUT2D eigenvalue weighted by Crippen LogP contribution is 2.60. The number of fused-ring (bicyclic) bond motifs is 3. The minimum absolute atomic E-state index is 0.224. The van der Waals surface area contributed by atoms with Crippen LogP contribution in [0.3, 0.4) is 0 Å². The average molecular weight is 243 g/mol. The third-order valence-electron chi connectivity index (χ3n) is 5.57. The van der Waals surface area contributed by atoms with Crippen LogP contribution in [-0.2, 0) is 5.41 Å². The molecule has 1 aliphatic heterocycles. The fourth-order valence-electron chi connectivity index (χ4n) is 4.62. The van der Waals surface area contributed by atoms with E-state index >= 15 is 0 Å². The molecule has 98 valence electrons. The number of rotatable bonds is 0. The maximum atomic E-state index is 3.93. The van der Waals surface area contributed by atoms with Gasteiger partial charge in [-0.3, -0.25) is 0 Å². The van der Waals surface area contributed by atoms with Gasteiger partial charge in [0.25, 0.3) is 0 Å². The molecule has 0 radical (unpaired) electrons. The Morgan fingerprint density at radius 1 is 1.06 bits per heavy atom. The minimum atomic E-state index is 0.224. The SMILES string of the molecule is CC(C)(C)C12CCCCC1(C)c1ccccc1N2. The molecule has 1 nitrogen and oxygen atoms in total. The first-order valence-electron chi connectivity index (χ1n) is 7.28. The maximum absolute atomic E-state index is 3.93. The van der Waals surface area contributed by atoms with Crippen molar-refractivity contribution >= 4 is 5.69 Å². The smallest absolute Gasteiger partial charge is 0.0516 e. The molecule has 1 fully saturated rings. The summed E-state index contributed by atoms with van der Waals surface area (Å²) in [5.41, 5.74) is 3.71. The molecule has 2 atom stereocenters. The van der Waals surface area contributed by atoms with Gasteiger partial charge in [-0.15, -0.1) is 0 Å². The lowest BCUT2D eigenvalue weighted by atomic mass is 9.52. The summed E-state index contributed by atoms with van der Waals surface area (Å²) < 4.78 is 0. The molecule has 0 saturated heterocycles. The lowest BCUT2D eigenvalue weighted by molar-refractivity contribution is 0.0783. The monoisotopic (exact) mass is 243 g/mol. The van der Waals surface area contributed by atoms with Crippen LogP contribution >= 0.6 is 0 Å². The van der Waals surface area contributed by atoms with Crippen LogP contribution in [0, 0.1) is 5.41 Å². The van der Waals surface area contributed by atoms with Crippen molar-refractivity contribution in [1.29, 1.82) is 0 Å². The normalized spacial score (nSPS) is 34.7. The summed E-state index contributed by atoms with van der Waals surface area (Å²) >= 11 is 0. The summed E-state index contributed by atoms with van der Waals surface area (Å²) in [6.45, 7) is 9.68. The topological polar surface area (TPSA) is 12.0 Å². The molecule has 1 saturated carbocycles. The van der Waals surface area contributed by atoms with E-state index in [1.54, 1.807) is 5.56 Å². The van der Waals surface area contributed by atoms with E-state index in [2.05, 4.69) is 57.3 Å². The van der Waals surface area contributed by atoms with Crippen LogP contribution in [0.4, 0.5) is 5.69 Å². The molecule has 0 aromatic heterocycles. The van der Waals surface area contributed by atoms with Crippen molar-refractivity contribution < 1.29 is 0 Å². The second-order valence-electron chi connectivity index (χ2n) is 7.37. The van der Waals surface area contributed by atoms with Crippen molar-refractivity contribution in [2.45, 2.75) is 64.3 Å². The number of benzene rings is 1. The Morgan fingerprint density at radius 2 is 1.72 bits per heavy atom. The van der Waals surface area contributed by atoms with E-state index in [-0.39, 0.29) is 11.0 Å². The van der Waals surface area contributed by atoms with Crippen LogP contribution in [0.1, 0.15) is 58.9 Å². The Bertz CT molecular complexity index is 471. The molecule has 1 aromatic rings. The molecule has 1 aliphatic carbocycles. The van der Waals surface area contributed by atoms with Gasteiger partial charge in [-0.25, -0.2) is 0 Å². The molecular weight excluding hydrogens is 218 g/mol. The van der Waals surface area contributed by atoms with Crippen molar-refractivity contribution in [2.75, 3.05) is 5.32 Å². The zero-order chi connectivity index (χ0) is 13.0. The molecular formula is C17H25N. The van der Waals surface area contributed by atoms with Crippen molar-refractivity contribution in [3.05, 3.63) is 29.8 Å². The Hall–Kier alpha value is -0.980. The highest BCUT2D eigenvalue weighted by molar-refractivity contribution is 5.65. The molecule has 1 heteroatoms. The average Bonchev–Trinajstić information content (AvgIpc) is 2.59. The third kappa shape index (κ3) is 1.28. The summed E-state index contributed by atoms with van der Waals surface area (Å²) in [6.07, 6.45) is 5.33. The lowest BCUT2D eigenvalue weighted by Crippen LogP contribution is -2.60. The van der Waals surface area contributed by atoms with Gasteiger partial charge in [0.1, 0.15) is 0 Å². The Labute approximate surface area is 111 Å². The maximum Gasteiger partial charge on any atom is 0.0516 e. The molecule has 0 amide bonds. The molecule has 2 unspecified atom stereocenters. The van der Waals surface area contributed by atoms with Gasteiger partial charge < -0.3 is 5.32 Å². The highest BCUT2D eigenvalue weighted by Gasteiger charge is 2.60. The van der Waals surface area contributed by atoms with E-state index in [0.717, 1.165) is 0 Å². The fourth-order valence-corrected chi connectivity index (χ4v) is 4.62. The quantitative estimate of drug-likeness (QED) is 0.694. The summed E-state index contributed by atoms with van der Waals surface area (Å²) in [5.74, 6) is 0. The van der Waals surface area contributed by atoms with E-state index in [1.165, 1.54) is 31.4 Å². The Morgan fingerprint density at radius 3 is 2.44 bits per heavy atom. The molecule has 0 bridgehead atoms. The number of nitrogens with one attached hydrogen (secondary N) is 1. The Balaban J connectivity index is 2.21. The van der Waals surface area contributed by atoms with Crippen molar-refractivity contribution in [3.8, 4) is 0 Å². The molecule has 3 rings (SSSR count). The van der Waals surface area contributed by atoms with Gasteiger partial charge in [-0.1, -0.05) is 58.7 Å². The molecule has 0 spiro atoms. The van der Waals surface area contributed by atoms with Crippen LogP contribution in [0.15, 0.2) is 24.3 Å². The van der Waals surface area contributed by atoms with Gasteiger partial charge in [-0.05, 0) is 29.9 Å². The fraction of sp³-hybridized carbons (Fsp3) is 0.647. The van der Waals surface area contributed by atoms with E-state index in [4.69, 9.17) is 0 Å². The molecule has 1 N–H and O–H groups in total. The zero-order valence-electron chi connectivity index (χ0n) is 12.1. The predicted octanol–water partition coefficient (Wildman–Crippen LogP) is 4.73. The summed E-state index contributed by atoms with van der Waals surface area (Å²) in [5, 5.41) is 3.93. The number of para-hydroxylation sites is 1. The van der Waals surface area contributed by atoms with Gasteiger partial charge in [0.15, 0.2) is 0 Å². The zero-order valence-corrected chi connectivity index (χ0v) is 12.1. The van der Waals surface area contributed by atoms with Gasteiger partial charge >= 0.3 is 0 Å². The van der Waals surface area contributed by atoms with Crippen LogP contribution < -0.4 is 5.32 Å². The third-order valence-corrected chi connectivity index (χ3v) is 5.57. The summed E-state index contributed by atoms with van der Waals surface area (Å²) in [4.78, 5) is 0. The lowest BCUT2D eigenvalue weighted by Gasteiger charge is -2.55. The van der Waals surface area contributed by atoms with E-state index in [9.17, 15) is 0 Å². The first-order valence-corrected chi connectivity index (χ1v) is 7.28. The number of anilines is 1. The second kappa shape index (κ2) is 3.53. The Kier molecular flexibility index (Phi) is 2.36. The molecule has 1 aromatic carbocycles. The number of hydrogen-bond acceptors (Lipinski definition) is 1. The second-order valence-corrected chi connectivity index (χ2v) is 7.37. The first kappa shape index (κ1) is 12.1. The summed E-state index contributed by atoms with van der Waals surface area (Å²) in [7, 11) is 0. The van der Waals surface area contributed by atoms with Crippen LogP contribution in [0.5, 0.6) is 0 Å². The van der Waals surface area contributed by atoms with Gasteiger partial charge in [0, 0.05) is 11.1 Å². The van der Waals surface area contributed by atoms with Gasteiger partial charge in [-0.2, -0.15) is 0 Å².